The highest BCUT2D eigenvalue weighted by Gasteiger charge is 2.47. The molecule has 0 bridgehead atoms. The van der Waals surface area contributed by atoms with Crippen molar-refractivity contribution in [3.8, 4) is 0 Å². The Balaban J connectivity index is 1.66. The molecule has 1 saturated heterocycles. The van der Waals surface area contributed by atoms with E-state index in [9.17, 15) is 28.9 Å². The minimum Gasteiger partial charge on any atom is -0.387 e. The average Bonchev–Trinajstić information content (AvgIpc) is 3.20. The fraction of sp³-hybridized carbons (Fsp3) is 0.294. The fourth-order valence-electron chi connectivity index (χ4n) is 3.25. The molecule has 0 radical (unpaired) electrons. The molecule has 0 unspecified atom stereocenters. The molecule has 27 heavy (non-hydrogen) atoms. The maximum atomic E-state index is 13.4. The SMILES string of the molecule is O=c1[nH]cnc2c1ccn2[C@@H]1O[C@H]([C@H](O)c2ccc(F)c(F)c2)[C@@H](O)[C@H]1O. The normalized spacial score (nSPS) is 26.6. The minimum atomic E-state index is -1.52. The second-order valence-electron chi connectivity index (χ2n) is 6.28. The molecule has 1 aromatic carbocycles. The number of hydrogen-bond acceptors (Lipinski definition) is 6. The summed E-state index contributed by atoms with van der Waals surface area (Å²) in [6.45, 7) is 0. The molecule has 0 saturated carbocycles. The van der Waals surface area contributed by atoms with Gasteiger partial charge in [-0.1, -0.05) is 6.07 Å². The first-order valence-electron chi connectivity index (χ1n) is 8.07. The summed E-state index contributed by atoms with van der Waals surface area (Å²) in [7, 11) is 0. The zero-order chi connectivity index (χ0) is 19.3. The van der Waals surface area contributed by atoms with Gasteiger partial charge in [-0.25, -0.2) is 13.8 Å². The molecule has 0 aliphatic carbocycles. The Labute approximate surface area is 150 Å². The van der Waals surface area contributed by atoms with Gasteiger partial charge in [-0.3, -0.25) is 4.79 Å². The van der Waals surface area contributed by atoms with Gasteiger partial charge < -0.3 is 29.6 Å². The number of nitrogens with zero attached hydrogens (tertiary/aromatic N) is 2. The maximum absolute atomic E-state index is 13.4. The van der Waals surface area contributed by atoms with E-state index in [1.54, 1.807) is 0 Å². The van der Waals surface area contributed by atoms with Gasteiger partial charge in [0.05, 0.1) is 11.7 Å². The largest absolute Gasteiger partial charge is 0.387 e. The molecule has 4 N–H and O–H groups in total. The Morgan fingerprint density at radius 3 is 2.70 bits per heavy atom. The number of aromatic nitrogens is 3. The Morgan fingerprint density at radius 1 is 1.19 bits per heavy atom. The van der Waals surface area contributed by atoms with Gasteiger partial charge in [-0.2, -0.15) is 0 Å². The van der Waals surface area contributed by atoms with Crippen LogP contribution in [0.3, 0.4) is 0 Å². The van der Waals surface area contributed by atoms with Gasteiger partial charge in [-0.05, 0) is 23.8 Å². The lowest BCUT2D eigenvalue weighted by molar-refractivity contribution is -0.0849. The van der Waals surface area contributed by atoms with E-state index >= 15 is 0 Å². The molecule has 4 rings (SSSR count). The molecule has 1 fully saturated rings. The highest BCUT2D eigenvalue weighted by molar-refractivity contribution is 5.74. The number of halogens is 2. The first-order valence-corrected chi connectivity index (χ1v) is 8.07. The standard InChI is InChI=1S/C17H15F2N3O5/c18-9-2-1-7(5-10(9)19)11(23)14-12(24)13(25)17(27-14)22-4-3-8-15(22)20-6-21-16(8)26/h1-6,11-14,17,23-25H,(H,20,21,26)/t11-,12+,13-,14-,17-/m1/s1. The van der Waals surface area contributed by atoms with Crippen LogP contribution in [0.4, 0.5) is 8.78 Å². The van der Waals surface area contributed by atoms with E-state index in [4.69, 9.17) is 4.74 Å². The third-order valence-corrected chi connectivity index (χ3v) is 4.66. The van der Waals surface area contributed by atoms with E-state index in [1.165, 1.54) is 23.2 Å². The number of aromatic amines is 1. The van der Waals surface area contributed by atoms with E-state index in [0.717, 1.165) is 18.2 Å². The molecule has 1 aliphatic rings. The Morgan fingerprint density at radius 2 is 1.96 bits per heavy atom. The Bertz CT molecular complexity index is 1050. The highest BCUT2D eigenvalue weighted by Crippen LogP contribution is 2.37. The molecule has 3 heterocycles. The lowest BCUT2D eigenvalue weighted by Gasteiger charge is -2.21. The van der Waals surface area contributed by atoms with Crippen molar-refractivity contribution in [2.24, 2.45) is 0 Å². The predicted molar refractivity (Wildman–Crippen MR) is 87.6 cm³/mol. The van der Waals surface area contributed by atoms with E-state index in [0.29, 0.717) is 0 Å². The van der Waals surface area contributed by atoms with Gasteiger partial charge in [0.1, 0.15) is 30.1 Å². The molecular formula is C17H15F2N3O5. The minimum absolute atomic E-state index is 0.0160. The second-order valence-corrected chi connectivity index (χ2v) is 6.28. The van der Waals surface area contributed by atoms with E-state index in [1.807, 2.05) is 0 Å². The van der Waals surface area contributed by atoms with Crippen LogP contribution in [-0.2, 0) is 4.74 Å². The highest BCUT2D eigenvalue weighted by atomic mass is 19.2. The van der Waals surface area contributed by atoms with Gasteiger partial charge in [0.25, 0.3) is 5.56 Å². The number of rotatable bonds is 3. The summed E-state index contributed by atoms with van der Waals surface area (Å²) in [4.78, 5) is 18.3. The molecule has 1 aliphatic heterocycles. The number of H-pyrrole nitrogens is 1. The fourth-order valence-corrected chi connectivity index (χ4v) is 3.25. The first kappa shape index (κ1) is 17.7. The first-order chi connectivity index (χ1) is 12.9. The van der Waals surface area contributed by atoms with Gasteiger partial charge >= 0.3 is 0 Å². The van der Waals surface area contributed by atoms with Crippen LogP contribution >= 0.6 is 0 Å². The molecule has 8 nitrogen and oxygen atoms in total. The van der Waals surface area contributed by atoms with Crippen molar-refractivity contribution in [1.29, 1.82) is 0 Å². The summed E-state index contributed by atoms with van der Waals surface area (Å²) in [5.74, 6) is -2.23. The van der Waals surface area contributed by atoms with Crippen LogP contribution in [0.25, 0.3) is 11.0 Å². The van der Waals surface area contributed by atoms with E-state index < -0.39 is 42.3 Å². The smallest absolute Gasteiger partial charge is 0.260 e. The molecule has 2 aromatic heterocycles. The third kappa shape index (κ3) is 2.82. The number of fused-ring (bicyclic) bond motifs is 1. The van der Waals surface area contributed by atoms with E-state index in [-0.39, 0.29) is 22.2 Å². The number of hydrogen-bond donors (Lipinski definition) is 4. The molecular weight excluding hydrogens is 364 g/mol. The third-order valence-electron chi connectivity index (χ3n) is 4.66. The molecule has 3 aromatic rings. The Kier molecular flexibility index (Phi) is 4.27. The van der Waals surface area contributed by atoms with Crippen LogP contribution in [0.5, 0.6) is 0 Å². The zero-order valence-corrected chi connectivity index (χ0v) is 13.7. The van der Waals surface area contributed by atoms with Crippen LogP contribution in [0.1, 0.15) is 17.9 Å². The van der Waals surface area contributed by atoms with Crippen molar-refractivity contribution in [1.82, 2.24) is 14.5 Å². The van der Waals surface area contributed by atoms with Gasteiger partial charge in [0.2, 0.25) is 0 Å². The average molecular weight is 379 g/mol. The van der Waals surface area contributed by atoms with Crippen LogP contribution in [0, 0.1) is 11.6 Å². The summed E-state index contributed by atoms with van der Waals surface area (Å²) < 4.78 is 33.5. The Hall–Kier alpha value is -2.66. The second kappa shape index (κ2) is 6.50. The number of benzene rings is 1. The lowest BCUT2D eigenvalue weighted by atomic mass is 9.99. The van der Waals surface area contributed by atoms with Gasteiger partial charge in [0.15, 0.2) is 17.9 Å². The summed E-state index contributed by atoms with van der Waals surface area (Å²) in [6, 6.07) is 4.27. The number of nitrogens with one attached hydrogen (secondary N) is 1. The molecule has 5 atom stereocenters. The number of aliphatic hydroxyl groups is 3. The lowest BCUT2D eigenvalue weighted by Crippen LogP contribution is -2.34. The van der Waals surface area contributed by atoms with Crippen LogP contribution in [0.15, 0.2) is 41.6 Å². The molecule has 142 valence electrons. The summed E-state index contributed by atoms with van der Waals surface area (Å²) >= 11 is 0. The molecule has 10 heteroatoms. The zero-order valence-electron chi connectivity index (χ0n) is 13.7. The van der Waals surface area contributed by atoms with Crippen molar-refractivity contribution in [3.63, 3.8) is 0 Å². The van der Waals surface area contributed by atoms with Crippen molar-refractivity contribution in [2.45, 2.75) is 30.6 Å². The van der Waals surface area contributed by atoms with Crippen molar-refractivity contribution in [3.05, 3.63) is 64.3 Å². The maximum Gasteiger partial charge on any atom is 0.260 e. The monoisotopic (exact) mass is 379 g/mol. The topological polar surface area (TPSA) is 121 Å². The quantitative estimate of drug-likeness (QED) is 0.521. The molecule has 0 spiro atoms. The van der Waals surface area contributed by atoms with Crippen molar-refractivity contribution >= 4 is 11.0 Å². The summed E-state index contributed by atoms with van der Waals surface area (Å²) in [5, 5.41) is 31.4. The summed E-state index contributed by atoms with van der Waals surface area (Å²) in [5.41, 5.74) is -0.180. The van der Waals surface area contributed by atoms with Gasteiger partial charge in [-0.15, -0.1) is 0 Å². The van der Waals surface area contributed by atoms with Crippen LogP contribution in [-0.4, -0.2) is 48.2 Å². The summed E-state index contributed by atoms with van der Waals surface area (Å²) in [6.07, 6.45) is -4.30. The number of ether oxygens (including phenoxy) is 1. The van der Waals surface area contributed by atoms with Crippen molar-refractivity contribution in [2.75, 3.05) is 0 Å². The number of aliphatic hydroxyl groups excluding tert-OH is 3. The van der Waals surface area contributed by atoms with Crippen molar-refractivity contribution < 1.29 is 28.8 Å². The van der Waals surface area contributed by atoms with Gasteiger partial charge in [0, 0.05) is 6.20 Å². The molecule has 0 amide bonds. The van der Waals surface area contributed by atoms with Crippen LogP contribution in [0.2, 0.25) is 0 Å². The van der Waals surface area contributed by atoms with E-state index in [2.05, 4.69) is 9.97 Å². The van der Waals surface area contributed by atoms with Crippen LogP contribution < -0.4 is 5.56 Å². The predicted octanol–water partition coefficient (Wildman–Crippen LogP) is 0.356.